The second-order valence-corrected chi connectivity index (χ2v) is 5.62. The average Bonchev–Trinajstić information content (AvgIpc) is 2.88. The van der Waals surface area contributed by atoms with E-state index in [2.05, 4.69) is 15.0 Å². The number of aromatic amines is 2. The molecule has 0 bridgehead atoms. The lowest BCUT2D eigenvalue weighted by Crippen LogP contribution is -2.09. The minimum Gasteiger partial charge on any atom is -0.360 e. The number of aromatic nitrogens is 3. The highest BCUT2D eigenvalue weighted by molar-refractivity contribution is 7.99. The van der Waals surface area contributed by atoms with E-state index in [-0.39, 0.29) is 17.1 Å². The van der Waals surface area contributed by atoms with Crippen molar-refractivity contribution in [1.29, 1.82) is 0 Å². The molecule has 0 saturated heterocycles. The van der Waals surface area contributed by atoms with Crippen LogP contribution in [0.5, 0.6) is 0 Å². The van der Waals surface area contributed by atoms with Crippen LogP contribution in [-0.4, -0.2) is 26.5 Å². The number of nitrogens with zero attached hydrogens (tertiary/aromatic N) is 1. The zero-order chi connectivity index (χ0) is 14.8. The second-order valence-electron chi connectivity index (χ2n) is 4.65. The lowest BCUT2D eigenvalue weighted by Gasteiger charge is -2.01. The van der Waals surface area contributed by atoms with Crippen LogP contribution in [0.4, 0.5) is 0 Å². The van der Waals surface area contributed by atoms with E-state index in [1.807, 2.05) is 24.3 Å². The van der Waals surface area contributed by atoms with E-state index >= 15 is 0 Å². The molecule has 3 rings (SSSR count). The van der Waals surface area contributed by atoms with Gasteiger partial charge in [-0.1, -0.05) is 30.0 Å². The van der Waals surface area contributed by atoms with Gasteiger partial charge in [-0.25, -0.2) is 4.98 Å². The summed E-state index contributed by atoms with van der Waals surface area (Å²) in [7, 11) is 0. The predicted octanol–water partition coefficient (Wildman–Crippen LogP) is 2.53. The Balaban J connectivity index is 1.79. The summed E-state index contributed by atoms with van der Waals surface area (Å²) in [6.07, 6.45) is 1.72. The lowest BCUT2D eigenvalue weighted by atomic mass is 10.1. The van der Waals surface area contributed by atoms with E-state index in [1.165, 1.54) is 17.8 Å². The van der Waals surface area contributed by atoms with Gasteiger partial charge in [0.2, 0.25) is 0 Å². The minimum absolute atomic E-state index is 0.00149. The zero-order valence-electron chi connectivity index (χ0n) is 11.3. The molecular weight excluding hydrogens is 286 g/mol. The molecule has 0 unspecified atom stereocenters. The number of benzene rings is 1. The van der Waals surface area contributed by atoms with Crippen molar-refractivity contribution in [3.05, 3.63) is 58.1 Å². The zero-order valence-corrected chi connectivity index (χ0v) is 12.2. The number of hydrogen-bond donors (Lipinski definition) is 2. The molecular formula is C15H13N3O2S. The van der Waals surface area contributed by atoms with Crippen molar-refractivity contribution in [3.63, 3.8) is 0 Å². The summed E-state index contributed by atoms with van der Waals surface area (Å²) >= 11 is 1.23. The molecule has 0 atom stereocenters. The van der Waals surface area contributed by atoms with Gasteiger partial charge in [-0.3, -0.25) is 9.59 Å². The SMILES string of the molecule is Cc1cc(=O)[nH]c(SCC(=O)c2c[nH]c3ccccc23)n1. The van der Waals surface area contributed by atoms with Crippen molar-refractivity contribution in [2.45, 2.75) is 12.1 Å². The first-order chi connectivity index (χ1) is 10.1. The Morgan fingerprint density at radius 3 is 2.95 bits per heavy atom. The number of thioether (sulfide) groups is 1. The Morgan fingerprint density at radius 1 is 1.33 bits per heavy atom. The fourth-order valence-electron chi connectivity index (χ4n) is 2.13. The van der Waals surface area contributed by atoms with Gasteiger partial charge in [0.1, 0.15) is 0 Å². The number of nitrogens with one attached hydrogen (secondary N) is 2. The van der Waals surface area contributed by atoms with Crippen LogP contribution in [0.15, 0.2) is 46.5 Å². The maximum Gasteiger partial charge on any atom is 0.251 e. The van der Waals surface area contributed by atoms with E-state index in [9.17, 15) is 9.59 Å². The van der Waals surface area contributed by atoms with Gasteiger partial charge in [0.15, 0.2) is 10.9 Å². The average molecular weight is 299 g/mol. The smallest absolute Gasteiger partial charge is 0.251 e. The summed E-state index contributed by atoms with van der Waals surface area (Å²) in [4.78, 5) is 33.6. The highest BCUT2D eigenvalue weighted by Crippen LogP contribution is 2.21. The third-order valence-corrected chi connectivity index (χ3v) is 3.95. The van der Waals surface area contributed by atoms with Gasteiger partial charge in [-0.15, -0.1) is 0 Å². The molecule has 1 aromatic carbocycles. The number of carbonyl (C=O) groups excluding carboxylic acids is 1. The minimum atomic E-state index is -0.204. The first-order valence-corrected chi connectivity index (χ1v) is 7.42. The Hall–Kier alpha value is -2.34. The van der Waals surface area contributed by atoms with Gasteiger partial charge in [0.25, 0.3) is 5.56 Å². The molecule has 0 radical (unpaired) electrons. The summed E-state index contributed by atoms with van der Waals surface area (Å²) in [5.41, 5.74) is 2.03. The summed E-state index contributed by atoms with van der Waals surface area (Å²) in [6, 6.07) is 9.09. The molecule has 0 spiro atoms. The Bertz CT molecular complexity index is 866. The lowest BCUT2D eigenvalue weighted by molar-refractivity contribution is 0.102. The van der Waals surface area contributed by atoms with E-state index in [4.69, 9.17) is 0 Å². The van der Waals surface area contributed by atoms with Crippen molar-refractivity contribution in [3.8, 4) is 0 Å². The van der Waals surface area contributed by atoms with Gasteiger partial charge in [0, 0.05) is 34.4 Å². The van der Waals surface area contributed by atoms with E-state index in [0.29, 0.717) is 16.4 Å². The highest BCUT2D eigenvalue weighted by Gasteiger charge is 2.12. The molecule has 0 aliphatic heterocycles. The number of rotatable bonds is 4. The fraction of sp³-hybridized carbons (Fsp3) is 0.133. The van der Waals surface area contributed by atoms with Crippen molar-refractivity contribution < 1.29 is 4.79 Å². The standard InChI is InChI=1S/C15H13N3O2S/c1-9-6-14(20)18-15(17-9)21-8-13(19)11-7-16-12-5-3-2-4-10(11)12/h2-7,16H,8H2,1H3,(H,17,18,20). The molecule has 0 fully saturated rings. The first-order valence-electron chi connectivity index (χ1n) is 6.43. The number of para-hydroxylation sites is 1. The third kappa shape index (κ3) is 2.90. The molecule has 3 aromatic rings. The molecule has 0 saturated carbocycles. The maximum absolute atomic E-state index is 12.3. The normalized spacial score (nSPS) is 10.9. The van der Waals surface area contributed by atoms with Crippen molar-refractivity contribution in [1.82, 2.24) is 15.0 Å². The fourth-order valence-corrected chi connectivity index (χ4v) is 2.94. The van der Waals surface area contributed by atoms with Crippen LogP contribution in [0, 0.1) is 6.92 Å². The van der Waals surface area contributed by atoms with Crippen molar-refractivity contribution in [2.75, 3.05) is 5.75 Å². The van der Waals surface area contributed by atoms with Crippen LogP contribution in [0.3, 0.4) is 0 Å². The van der Waals surface area contributed by atoms with Gasteiger partial charge < -0.3 is 9.97 Å². The summed E-state index contributed by atoms with van der Waals surface area (Å²) in [5.74, 6) is 0.232. The number of hydrogen-bond acceptors (Lipinski definition) is 4. The second kappa shape index (κ2) is 5.57. The topological polar surface area (TPSA) is 78.6 Å². The van der Waals surface area contributed by atoms with Gasteiger partial charge in [-0.05, 0) is 13.0 Å². The molecule has 6 heteroatoms. The van der Waals surface area contributed by atoms with Crippen LogP contribution in [0.2, 0.25) is 0 Å². The Morgan fingerprint density at radius 2 is 2.14 bits per heavy atom. The maximum atomic E-state index is 12.3. The van der Waals surface area contributed by atoms with Crippen molar-refractivity contribution >= 4 is 28.4 Å². The highest BCUT2D eigenvalue weighted by atomic mass is 32.2. The Labute approximate surface area is 124 Å². The van der Waals surface area contributed by atoms with Crippen LogP contribution in [0.25, 0.3) is 10.9 Å². The van der Waals surface area contributed by atoms with Crippen LogP contribution in [0.1, 0.15) is 16.1 Å². The largest absolute Gasteiger partial charge is 0.360 e. The number of fused-ring (bicyclic) bond motifs is 1. The molecule has 2 N–H and O–H groups in total. The van der Waals surface area contributed by atoms with Gasteiger partial charge in [-0.2, -0.15) is 0 Å². The monoisotopic (exact) mass is 299 g/mol. The van der Waals surface area contributed by atoms with Crippen LogP contribution in [-0.2, 0) is 0 Å². The van der Waals surface area contributed by atoms with Gasteiger partial charge >= 0.3 is 0 Å². The molecule has 0 aliphatic rings. The molecule has 0 amide bonds. The molecule has 106 valence electrons. The predicted molar refractivity (Wildman–Crippen MR) is 82.9 cm³/mol. The first kappa shape index (κ1) is 13.6. The van der Waals surface area contributed by atoms with Gasteiger partial charge in [0.05, 0.1) is 5.75 Å². The van der Waals surface area contributed by atoms with Crippen LogP contribution >= 0.6 is 11.8 Å². The Kier molecular flexibility index (Phi) is 3.62. The number of H-pyrrole nitrogens is 2. The van der Waals surface area contributed by atoms with E-state index < -0.39 is 0 Å². The summed E-state index contributed by atoms with van der Waals surface area (Å²) < 4.78 is 0. The van der Waals surface area contributed by atoms with E-state index in [0.717, 1.165) is 10.9 Å². The molecule has 2 heterocycles. The summed E-state index contributed by atoms with van der Waals surface area (Å²) in [6.45, 7) is 1.75. The molecule has 5 nitrogen and oxygen atoms in total. The van der Waals surface area contributed by atoms with Crippen LogP contribution < -0.4 is 5.56 Å². The van der Waals surface area contributed by atoms with E-state index in [1.54, 1.807) is 13.1 Å². The molecule has 21 heavy (non-hydrogen) atoms. The van der Waals surface area contributed by atoms with Crippen molar-refractivity contribution in [2.24, 2.45) is 0 Å². The molecule has 0 aliphatic carbocycles. The number of Topliss-reactive ketones (excluding diaryl/α,β-unsaturated/α-hetero) is 1. The quantitative estimate of drug-likeness (QED) is 0.441. The number of aryl methyl sites for hydroxylation is 1. The molecule has 2 aromatic heterocycles. The number of ketones is 1. The summed E-state index contributed by atoms with van der Waals surface area (Å²) in [5, 5.41) is 1.38. The number of carbonyl (C=O) groups is 1. The third-order valence-electron chi connectivity index (χ3n) is 3.08.